The Morgan fingerprint density at radius 2 is 2.04 bits per heavy atom. The van der Waals surface area contributed by atoms with Crippen molar-refractivity contribution in [3.05, 3.63) is 29.3 Å². The molecule has 1 saturated heterocycles. The summed E-state index contributed by atoms with van der Waals surface area (Å²) in [6.45, 7) is 3.10. The molecule has 2 aliphatic rings. The fourth-order valence-corrected chi connectivity index (χ4v) is 3.65. The summed E-state index contributed by atoms with van der Waals surface area (Å²) in [5.74, 6) is 0.348. The van der Waals surface area contributed by atoms with Crippen LogP contribution in [0.4, 0.5) is 5.69 Å². The van der Waals surface area contributed by atoms with E-state index in [2.05, 4.69) is 10.2 Å². The lowest BCUT2D eigenvalue weighted by Crippen LogP contribution is -2.36. The minimum Gasteiger partial charge on any atom is -0.496 e. The summed E-state index contributed by atoms with van der Waals surface area (Å²) in [5, 5.41) is 12.5. The minimum atomic E-state index is -0.302. The van der Waals surface area contributed by atoms with Gasteiger partial charge in [-0.3, -0.25) is 4.79 Å². The zero-order valence-electron chi connectivity index (χ0n) is 15.9. The van der Waals surface area contributed by atoms with Crippen LogP contribution in [0.2, 0.25) is 0 Å². The topological polar surface area (TPSA) is 74.6 Å². The van der Waals surface area contributed by atoms with E-state index in [-0.39, 0.29) is 17.5 Å². The van der Waals surface area contributed by atoms with E-state index in [0.717, 1.165) is 50.0 Å². The number of nitrogens with one attached hydrogen (secondary N) is 1. The lowest BCUT2D eigenvalue weighted by molar-refractivity contribution is -0.117. The van der Waals surface area contributed by atoms with Gasteiger partial charge in [0.15, 0.2) is 0 Å². The molecule has 0 atom stereocenters. The van der Waals surface area contributed by atoms with Crippen molar-refractivity contribution in [2.75, 3.05) is 38.3 Å². The fourth-order valence-electron chi connectivity index (χ4n) is 3.65. The molecule has 1 amide bonds. The maximum Gasteiger partial charge on any atom is 0.262 e. The zero-order valence-corrected chi connectivity index (χ0v) is 15.9. The fraction of sp³-hybridized carbons (Fsp3) is 0.524. The summed E-state index contributed by atoms with van der Waals surface area (Å²) < 4.78 is 10.9. The number of hydrogen-bond acceptors (Lipinski definition) is 5. The van der Waals surface area contributed by atoms with Crippen molar-refractivity contribution in [3.8, 4) is 11.8 Å². The molecule has 1 heterocycles. The molecular formula is C21H27N3O3. The number of hydrogen-bond donors (Lipinski definition) is 1. The Kier molecular flexibility index (Phi) is 6.72. The number of anilines is 1. The van der Waals surface area contributed by atoms with Crippen molar-refractivity contribution >= 4 is 17.7 Å². The molecule has 144 valence electrons. The van der Waals surface area contributed by atoms with Crippen LogP contribution in [-0.2, 0) is 9.53 Å². The van der Waals surface area contributed by atoms with E-state index in [1.165, 1.54) is 6.42 Å². The van der Waals surface area contributed by atoms with Crippen LogP contribution in [0.3, 0.4) is 0 Å². The van der Waals surface area contributed by atoms with Gasteiger partial charge >= 0.3 is 0 Å². The number of nitrogens with zero attached hydrogens (tertiary/aromatic N) is 2. The highest BCUT2D eigenvalue weighted by Gasteiger charge is 2.19. The van der Waals surface area contributed by atoms with Gasteiger partial charge in [-0.25, -0.2) is 0 Å². The van der Waals surface area contributed by atoms with Crippen LogP contribution in [0.15, 0.2) is 23.8 Å². The number of amides is 1. The Labute approximate surface area is 160 Å². The molecule has 0 bridgehead atoms. The first-order chi connectivity index (χ1) is 13.2. The predicted molar refractivity (Wildman–Crippen MR) is 105 cm³/mol. The van der Waals surface area contributed by atoms with Gasteiger partial charge < -0.3 is 19.7 Å². The highest BCUT2D eigenvalue weighted by atomic mass is 16.5. The molecule has 0 aromatic heterocycles. The number of morpholine rings is 1. The van der Waals surface area contributed by atoms with Gasteiger partial charge in [-0.1, -0.05) is 19.3 Å². The van der Waals surface area contributed by atoms with Gasteiger partial charge in [-0.2, -0.15) is 5.26 Å². The first-order valence-corrected chi connectivity index (χ1v) is 9.64. The first kappa shape index (κ1) is 19.2. The number of benzene rings is 1. The lowest BCUT2D eigenvalue weighted by atomic mass is 9.95. The summed E-state index contributed by atoms with van der Waals surface area (Å²) in [7, 11) is 1.60. The maximum atomic E-state index is 12.5. The number of rotatable bonds is 5. The molecule has 3 rings (SSSR count). The Balaban J connectivity index is 1.76. The van der Waals surface area contributed by atoms with Crippen molar-refractivity contribution in [1.29, 1.82) is 5.26 Å². The van der Waals surface area contributed by atoms with Crippen LogP contribution in [0, 0.1) is 11.3 Å². The van der Waals surface area contributed by atoms with E-state index in [1.807, 2.05) is 24.3 Å². The number of nitriles is 1. The minimum absolute atomic E-state index is 0.109. The second-order valence-electron chi connectivity index (χ2n) is 7.00. The van der Waals surface area contributed by atoms with Gasteiger partial charge in [-0.15, -0.1) is 0 Å². The molecule has 1 N–H and O–H groups in total. The second kappa shape index (κ2) is 9.43. The Morgan fingerprint density at radius 1 is 1.30 bits per heavy atom. The predicted octanol–water partition coefficient (Wildman–Crippen LogP) is 2.89. The molecule has 0 spiro atoms. The van der Waals surface area contributed by atoms with Gasteiger partial charge in [0.1, 0.15) is 17.4 Å². The van der Waals surface area contributed by atoms with Crippen LogP contribution in [0.1, 0.15) is 37.7 Å². The molecule has 6 heteroatoms. The summed E-state index contributed by atoms with van der Waals surface area (Å²) in [6, 6.07) is 8.05. The highest BCUT2D eigenvalue weighted by Crippen LogP contribution is 2.28. The SMILES string of the molecule is COc1cc(N2CCOCC2)ccc1/C=C(/C#N)C(=O)NC1CCCCC1. The molecular weight excluding hydrogens is 342 g/mol. The zero-order chi connectivity index (χ0) is 19.1. The number of ether oxygens (including phenoxy) is 2. The van der Waals surface area contributed by atoms with E-state index >= 15 is 0 Å². The third-order valence-electron chi connectivity index (χ3n) is 5.20. The molecule has 6 nitrogen and oxygen atoms in total. The molecule has 2 fully saturated rings. The Bertz CT molecular complexity index is 727. The van der Waals surface area contributed by atoms with Crippen LogP contribution in [-0.4, -0.2) is 45.4 Å². The molecule has 1 aromatic carbocycles. The number of carbonyl (C=O) groups is 1. The summed E-state index contributed by atoms with van der Waals surface area (Å²) in [6.07, 6.45) is 7.07. The van der Waals surface area contributed by atoms with Crippen molar-refractivity contribution in [3.63, 3.8) is 0 Å². The van der Waals surface area contributed by atoms with Crippen molar-refractivity contribution < 1.29 is 14.3 Å². The smallest absolute Gasteiger partial charge is 0.262 e. The van der Waals surface area contributed by atoms with Crippen molar-refractivity contribution in [2.45, 2.75) is 38.1 Å². The van der Waals surface area contributed by atoms with Crippen LogP contribution in [0.5, 0.6) is 5.75 Å². The van der Waals surface area contributed by atoms with Gasteiger partial charge in [0, 0.05) is 36.4 Å². The van der Waals surface area contributed by atoms with E-state index in [9.17, 15) is 10.1 Å². The van der Waals surface area contributed by atoms with Gasteiger partial charge in [-0.05, 0) is 31.1 Å². The maximum absolute atomic E-state index is 12.5. The normalized spacial score (nSPS) is 18.7. The molecule has 1 saturated carbocycles. The van der Waals surface area contributed by atoms with Gasteiger partial charge in [0.25, 0.3) is 5.91 Å². The standard InChI is InChI=1S/C21H27N3O3/c1-26-20-14-19(24-9-11-27-12-10-24)8-7-16(20)13-17(15-22)21(25)23-18-5-3-2-4-6-18/h7-8,13-14,18H,2-6,9-12H2,1H3,(H,23,25)/b17-13-. The largest absolute Gasteiger partial charge is 0.496 e. The molecule has 0 unspecified atom stereocenters. The van der Waals surface area contributed by atoms with Crippen molar-refractivity contribution in [2.24, 2.45) is 0 Å². The highest BCUT2D eigenvalue weighted by molar-refractivity contribution is 6.02. The quantitative estimate of drug-likeness (QED) is 0.638. The first-order valence-electron chi connectivity index (χ1n) is 9.64. The number of methoxy groups -OCH3 is 1. The second-order valence-corrected chi connectivity index (χ2v) is 7.00. The van der Waals surface area contributed by atoms with Gasteiger partial charge in [0.05, 0.1) is 20.3 Å². The van der Waals surface area contributed by atoms with E-state index in [0.29, 0.717) is 19.0 Å². The van der Waals surface area contributed by atoms with Crippen LogP contribution >= 0.6 is 0 Å². The number of carbonyl (C=O) groups excluding carboxylic acids is 1. The van der Waals surface area contributed by atoms with E-state index in [1.54, 1.807) is 13.2 Å². The van der Waals surface area contributed by atoms with Crippen molar-refractivity contribution in [1.82, 2.24) is 5.32 Å². The molecule has 0 radical (unpaired) electrons. The van der Waals surface area contributed by atoms with Crippen LogP contribution < -0.4 is 15.0 Å². The summed E-state index contributed by atoms with van der Waals surface area (Å²) in [4.78, 5) is 14.7. The monoisotopic (exact) mass is 369 g/mol. The lowest BCUT2D eigenvalue weighted by Gasteiger charge is -2.29. The molecule has 27 heavy (non-hydrogen) atoms. The van der Waals surface area contributed by atoms with Crippen LogP contribution in [0.25, 0.3) is 6.08 Å². The van der Waals surface area contributed by atoms with E-state index in [4.69, 9.17) is 9.47 Å². The average molecular weight is 369 g/mol. The summed E-state index contributed by atoms with van der Waals surface area (Å²) >= 11 is 0. The molecule has 1 aliphatic carbocycles. The Morgan fingerprint density at radius 3 is 2.70 bits per heavy atom. The van der Waals surface area contributed by atoms with E-state index < -0.39 is 0 Å². The van der Waals surface area contributed by atoms with Gasteiger partial charge in [0.2, 0.25) is 0 Å². The third-order valence-corrected chi connectivity index (χ3v) is 5.20. The summed E-state index contributed by atoms with van der Waals surface area (Å²) in [5.41, 5.74) is 1.89. The molecule has 1 aromatic rings. The molecule has 1 aliphatic heterocycles. The third kappa shape index (κ3) is 5.01. The average Bonchev–Trinajstić information content (AvgIpc) is 2.73. The Hall–Kier alpha value is -2.52.